The molecule has 0 aliphatic heterocycles. The zero-order valence-corrected chi connectivity index (χ0v) is 20.0. The maximum atomic E-state index is 13.1. The highest BCUT2D eigenvalue weighted by molar-refractivity contribution is 5.86. The lowest BCUT2D eigenvalue weighted by Crippen LogP contribution is -2.35. The number of aromatic hydroxyl groups is 1. The lowest BCUT2D eigenvalue weighted by atomic mass is 9.78. The zero-order chi connectivity index (χ0) is 23.4. The second kappa shape index (κ2) is 11.1. The third-order valence-electron chi connectivity index (χ3n) is 6.02. The number of hydrogen-bond acceptors (Lipinski definition) is 5. The predicted molar refractivity (Wildman–Crippen MR) is 137 cm³/mol. The topological polar surface area (TPSA) is 70.8 Å². The average molecular weight is 478 g/mol. The minimum Gasteiger partial charge on any atom is -0.507 e. The quantitative estimate of drug-likeness (QED) is 0.344. The Labute approximate surface area is 205 Å². The molecule has 5 nitrogen and oxygen atoms in total. The Balaban J connectivity index is 0.00000324. The van der Waals surface area contributed by atoms with Crippen LogP contribution in [-0.2, 0) is 11.3 Å². The van der Waals surface area contributed by atoms with Crippen LogP contribution in [0, 0.1) is 5.92 Å². The van der Waals surface area contributed by atoms with Gasteiger partial charge in [0.15, 0.2) is 0 Å². The van der Waals surface area contributed by atoms with Gasteiger partial charge in [-0.05, 0) is 37.2 Å². The van der Waals surface area contributed by atoms with Crippen LogP contribution in [0.15, 0.2) is 94.1 Å². The van der Waals surface area contributed by atoms with Gasteiger partial charge in [0.2, 0.25) is 0 Å². The summed E-state index contributed by atoms with van der Waals surface area (Å²) in [7, 11) is 1.95. The van der Waals surface area contributed by atoms with Gasteiger partial charge in [-0.3, -0.25) is 4.79 Å². The molecule has 0 bridgehead atoms. The monoisotopic (exact) mass is 477 g/mol. The van der Waals surface area contributed by atoms with Crippen molar-refractivity contribution in [2.75, 3.05) is 13.6 Å². The highest BCUT2D eigenvalue weighted by atomic mass is 35.5. The van der Waals surface area contributed by atoms with Crippen LogP contribution in [0.5, 0.6) is 5.75 Å². The van der Waals surface area contributed by atoms with Crippen LogP contribution in [0.4, 0.5) is 0 Å². The molecule has 6 heteroatoms. The van der Waals surface area contributed by atoms with Gasteiger partial charge in [0.05, 0.1) is 10.9 Å². The molecule has 2 atom stereocenters. The fourth-order valence-corrected chi connectivity index (χ4v) is 4.45. The Morgan fingerprint density at radius 3 is 2.18 bits per heavy atom. The van der Waals surface area contributed by atoms with Crippen LogP contribution >= 0.6 is 12.4 Å². The predicted octanol–water partition coefficient (Wildman–Crippen LogP) is 5.39. The maximum Gasteiger partial charge on any atom is 0.343 e. The van der Waals surface area contributed by atoms with Gasteiger partial charge in [0, 0.05) is 24.9 Å². The Bertz CT molecular complexity index is 1300. The summed E-state index contributed by atoms with van der Waals surface area (Å²) < 4.78 is 5.57. The average Bonchev–Trinajstić information content (AvgIpc) is 2.81. The molecule has 0 saturated carbocycles. The molecule has 34 heavy (non-hydrogen) atoms. The smallest absolute Gasteiger partial charge is 0.343 e. The summed E-state index contributed by atoms with van der Waals surface area (Å²) in [5, 5.41) is 11.6. The first-order valence-corrected chi connectivity index (χ1v) is 11.0. The first kappa shape index (κ1) is 25.2. The van der Waals surface area contributed by atoms with Gasteiger partial charge >= 0.3 is 5.63 Å². The number of rotatable bonds is 8. The van der Waals surface area contributed by atoms with E-state index >= 15 is 0 Å². The second-order valence-electron chi connectivity index (χ2n) is 8.44. The second-order valence-corrected chi connectivity index (χ2v) is 8.44. The van der Waals surface area contributed by atoms with Crippen molar-refractivity contribution in [2.24, 2.45) is 5.92 Å². The van der Waals surface area contributed by atoms with Gasteiger partial charge in [-0.2, -0.15) is 0 Å². The largest absolute Gasteiger partial charge is 0.507 e. The molecule has 0 aliphatic rings. The molecule has 0 fully saturated rings. The molecule has 0 saturated heterocycles. The number of halogens is 1. The van der Waals surface area contributed by atoms with E-state index in [2.05, 4.69) is 4.90 Å². The van der Waals surface area contributed by atoms with E-state index in [-0.39, 0.29) is 29.5 Å². The van der Waals surface area contributed by atoms with Crippen molar-refractivity contribution in [1.82, 2.24) is 4.90 Å². The third kappa shape index (κ3) is 5.38. The van der Waals surface area contributed by atoms with E-state index < -0.39 is 17.5 Å². The molecule has 2 unspecified atom stereocenters. The number of carbonyl (C=O) groups excluding carboxylic acids is 1. The molecule has 176 valence electrons. The van der Waals surface area contributed by atoms with Crippen molar-refractivity contribution >= 4 is 29.2 Å². The number of ketones is 1. The molecule has 0 spiro atoms. The summed E-state index contributed by atoms with van der Waals surface area (Å²) >= 11 is 0. The number of nitrogens with zero attached hydrogens (tertiary/aromatic N) is 1. The van der Waals surface area contributed by atoms with E-state index in [1.165, 1.54) is 6.92 Å². The van der Waals surface area contributed by atoms with Gasteiger partial charge in [0.25, 0.3) is 0 Å². The summed E-state index contributed by atoms with van der Waals surface area (Å²) in [4.78, 5) is 28.2. The Kier molecular flexibility index (Phi) is 8.26. The lowest BCUT2D eigenvalue weighted by Gasteiger charge is -2.30. The fraction of sp³-hybridized carbons (Fsp3) is 0.214. The summed E-state index contributed by atoms with van der Waals surface area (Å²) in [6.45, 7) is 2.61. The van der Waals surface area contributed by atoms with Crippen molar-refractivity contribution < 1.29 is 14.3 Å². The molecule has 4 rings (SSSR count). The number of fused-ring (bicyclic) bond motifs is 1. The first-order chi connectivity index (χ1) is 16.0. The van der Waals surface area contributed by atoms with Gasteiger partial charge < -0.3 is 14.4 Å². The van der Waals surface area contributed by atoms with Crippen LogP contribution < -0.4 is 5.63 Å². The molecule has 1 N–H and O–H groups in total. The van der Waals surface area contributed by atoms with E-state index in [1.807, 2.05) is 67.7 Å². The van der Waals surface area contributed by atoms with Gasteiger partial charge in [-0.1, -0.05) is 72.8 Å². The van der Waals surface area contributed by atoms with Crippen molar-refractivity contribution in [3.8, 4) is 5.75 Å². The first-order valence-electron chi connectivity index (χ1n) is 11.0. The molecular formula is C28H28ClNO4. The standard InChI is InChI=1S/C28H27NO4.ClH/c1-19(30)23(18-29(2)17-20-11-5-3-6-12-20)25(21-13-7-4-8-14-21)26-27(31)22-15-9-10-16-24(22)33-28(26)32;/h3-16,23,25,31H,17-18H2,1-2H3;1H. The summed E-state index contributed by atoms with van der Waals surface area (Å²) in [6.07, 6.45) is 0. The van der Waals surface area contributed by atoms with E-state index in [9.17, 15) is 14.7 Å². The molecular weight excluding hydrogens is 450 g/mol. The van der Waals surface area contributed by atoms with Crippen LogP contribution in [0.25, 0.3) is 11.0 Å². The summed E-state index contributed by atoms with van der Waals surface area (Å²) in [6, 6.07) is 26.3. The number of para-hydroxylation sites is 1. The van der Waals surface area contributed by atoms with Crippen molar-refractivity contribution in [3.63, 3.8) is 0 Å². The molecule has 1 heterocycles. The molecule has 0 aliphatic carbocycles. The third-order valence-corrected chi connectivity index (χ3v) is 6.02. The van der Waals surface area contributed by atoms with Gasteiger partial charge in [-0.15, -0.1) is 12.4 Å². The SMILES string of the molecule is CC(=O)C(CN(C)Cc1ccccc1)C(c1ccccc1)c1c(O)c2ccccc2oc1=O.Cl. The number of benzene rings is 3. The number of carbonyl (C=O) groups is 1. The lowest BCUT2D eigenvalue weighted by molar-refractivity contribution is -0.121. The number of hydrogen-bond donors (Lipinski definition) is 1. The maximum absolute atomic E-state index is 13.1. The van der Waals surface area contributed by atoms with E-state index in [0.29, 0.717) is 24.1 Å². The summed E-state index contributed by atoms with van der Waals surface area (Å²) in [5.74, 6) is -1.40. The fourth-order valence-electron chi connectivity index (χ4n) is 4.45. The van der Waals surface area contributed by atoms with Crippen molar-refractivity contribution in [2.45, 2.75) is 19.4 Å². The zero-order valence-electron chi connectivity index (χ0n) is 19.2. The highest BCUT2D eigenvalue weighted by Crippen LogP contribution is 2.39. The molecule has 0 amide bonds. The van der Waals surface area contributed by atoms with E-state index in [1.54, 1.807) is 24.3 Å². The number of Topliss-reactive ketones (excluding diaryl/α,β-unsaturated/α-hetero) is 1. The molecule has 1 aromatic heterocycles. The highest BCUT2D eigenvalue weighted by Gasteiger charge is 2.34. The summed E-state index contributed by atoms with van der Waals surface area (Å²) in [5.41, 5.74) is 1.72. The minimum absolute atomic E-state index is 0. The van der Waals surface area contributed by atoms with E-state index in [4.69, 9.17) is 4.42 Å². The molecule has 3 aromatic carbocycles. The van der Waals surface area contributed by atoms with Crippen LogP contribution in [0.2, 0.25) is 0 Å². The Morgan fingerprint density at radius 2 is 1.53 bits per heavy atom. The van der Waals surface area contributed by atoms with Crippen molar-refractivity contribution in [1.29, 1.82) is 0 Å². The normalized spacial score (nSPS) is 12.8. The van der Waals surface area contributed by atoms with E-state index in [0.717, 1.165) is 11.1 Å². The van der Waals surface area contributed by atoms with Crippen LogP contribution in [0.1, 0.15) is 29.5 Å². The Hall–Kier alpha value is -3.41. The molecule has 0 radical (unpaired) electrons. The van der Waals surface area contributed by atoms with Gasteiger partial charge in [-0.25, -0.2) is 4.79 Å². The van der Waals surface area contributed by atoms with Gasteiger partial charge in [0.1, 0.15) is 17.1 Å². The Morgan fingerprint density at radius 1 is 0.941 bits per heavy atom. The molecule has 4 aromatic rings. The van der Waals surface area contributed by atoms with Crippen LogP contribution in [-0.4, -0.2) is 29.4 Å². The van der Waals surface area contributed by atoms with Crippen molar-refractivity contribution in [3.05, 3.63) is 112 Å². The van der Waals surface area contributed by atoms with Crippen LogP contribution in [0.3, 0.4) is 0 Å². The minimum atomic E-state index is -0.650.